The highest BCUT2D eigenvalue weighted by Gasteiger charge is 2.13. The first-order valence-electron chi connectivity index (χ1n) is 11.7. The third kappa shape index (κ3) is 5.87. The molecular weight excluding hydrogens is 416 g/mol. The number of hydrogen-bond donors (Lipinski definition) is 3. The fourth-order valence-electron chi connectivity index (χ4n) is 3.89. The van der Waals surface area contributed by atoms with Crippen molar-refractivity contribution in [3.05, 3.63) is 42.6 Å². The van der Waals surface area contributed by atoms with Crippen molar-refractivity contribution in [1.29, 1.82) is 0 Å². The van der Waals surface area contributed by atoms with Gasteiger partial charge in [0, 0.05) is 62.2 Å². The number of urea groups is 1. The fourth-order valence-corrected chi connectivity index (χ4v) is 3.89. The number of hydrogen-bond acceptors (Lipinski definition) is 7. The standard InChI is InChI=1S/C24H32N8O/c1-3-13-32(14-4-2)24(33)29-21-10-5-18-17-26-23(30-22(18)28-21)27-19-6-8-20(9-7-19)31-15-11-25-12-16-31/h5-10,17,25H,3-4,11-16H2,1-2H3,(H2,26,27,28,29,30,33). The minimum atomic E-state index is -0.137. The van der Waals surface area contributed by atoms with E-state index in [1.54, 1.807) is 12.3 Å². The van der Waals surface area contributed by atoms with Crippen LogP contribution in [0.5, 0.6) is 0 Å². The second-order valence-corrected chi connectivity index (χ2v) is 8.13. The molecule has 4 rings (SSSR count). The molecule has 1 aliphatic heterocycles. The topological polar surface area (TPSA) is 98.3 Å². The van der Waals surface area contributed by atoms with Crippen molar-refractivity contribution in [1.82, 2.24) is 25.2 Å². The summed E-state index contributed by atoms with van der Waals surface area (Å²) in [5.74, 6) is 0.946. The molecule has 0 bridgehead atoms. The molecule has 2 aromatic heterocycles. The maximum absolute atomic E-state index is 12.6. The first-order chi connectivity index (χ1) is 16.2. The van der Waals surface area contributed by atoms with E-state index >= 15 is 0 Å². The van der Waals surface area contributed by atoms with Crippen LogP contribution < -0.4 is 20.9 Å². The van der Waals surface area contributed by atoms with Gasteiger partial charge in [0.2, 0.25) is 5.95 Å². The van der Waals surface area contributed by atoms with Crippen LogP contribution in [0.3, 0.4) is 0 Å². The number of nitrogens with zero attached hydrogens (tertiary/aromatic N) is 5. The van der Waals surface area contributed by atoms with Crippen LogP contribution in [0.2, 0.25) is 0 Å². The van der Waals surface area contributed by atoms with Crippen LogP contribution in [0.25, 0.3) is 11.0 Å². The number of benzene rings is 1. The van der Waals surface area contributed by atoms with Gasteiger partial charge in [-0.15, -0.1) is 0 Å². The molecule has 2 amide bonds. The number of piperazine rings is 1. The molecule has 1 aromatic carbocycles. The van der Waals surface area contributed by atoms with E-state index in [9.17, 15) is 4.79 Å². The molecule has 0 unspecified atom stereocenters. The van der Waals surface area contributed by atoms with E-state index in [4.69, 9.17) is 0 Å². The summed E-state index contributed by atoms with van der Waals surface area (Å²) in [6, 6.07) is 11.8. The molecule has 0 aliphatic carbocycles. The zero-order chi connectivity index (χ0) is 23.0. The number of rotatable bonds is 8. The van der Waals surface area contributed by atoms with Gasteiger partial charge in [0.25, 0.3) is 0 Å². The Morgan fingerprint density at radius 3 is 2.45 bits per heavy atom. The van der Waals surface area contributed by atoms with E-state index in [0.717, 1.165) is 63.2 Å². The average molecular weight is 449 g/mol. The van der Waals surface area contributed by atoms with Gasteiger partial charge in [0.15, 0.2) is 5.65 Å². The van der Waals surface area contributed by atoms with Gasteiger partial charge >= 0.3 is 6.03 Å². The van der Waals surface area contributed by atoms with Crippen molar-refractivity contribution >= 4 is 40.2 Å². The van der Waals surface area contributed by atoms with Crippen molar-refractivity contribution < 1.29 is 4.79 Å². The van der Waals surface area contributed by atoms with E-state index < -0.39 is 0 Å². The predicted molar refractivity (Wildman–Crippen MR) is 133 cm³/mol. The maximum atomic E-state index is 12.6. The summed E-state index contributed by atoms with van der Waals surface area (Å²) in [6.07, 6.45) is 3.56. The van der Waals surface area contributed by atoms with Crippen LogP contribution in [-0.4, -0.2) is 65.2 Å². The molecule has 9 heteroatoms. The van der Waals surface area contributed by atoms with E-state index in [1.807, 2.05) is 23.1 Å². The van der Waals surface area contributed by atoms with Gasteiger partial charge in [-0.05, 0) is 49.2 Å². The van der Waals surface area contributed by atoms with E-state index in [2.05, 4.69) is 61.8 Å². The quantitative estimate of drug-likeness (QED) is 0.482. The van der Waals surface area contributed by atoms with Crippen molar-refractivity contribution in [2.45, 2.75) is 26.7 Å². The number of anilines is 4. The number of fused-ring (bicyclic) bond motifs is 1. The second-order valence-electron chi connectivity index (χ2n) is 8.13. The number of pyridine rings is 1. The highest BCUT2D eigenvalue weighted by atomic mass is 16.2. The van der Waals surface area contributed by atoms with Crippen molar-refractivity contribution in [2.75, 3.05) is 54.8 Å². The first-order valence-corrected chi connectivity index (χ1v) is 11.7. The van der Waals surface area contributed by atoms with Crippen LogP contribution in [0.1, 0.15) is 26.7 Å². The molecule has 9 nitrogen and oxygen atoms in total. The van der Waals surface area contributed by atoms with Crippen LogP contribution in [0.4, 0.5) is 27.9 Å². The molecule has 0 atom stereocenters. The highest BCUT2D eigenvalue weighted by molar-refractivity contribution is 5.89. The average Bonchev–Trinajstić information content (AvgIpc) is 2.85. The van der Waals surface area contributed by atoms with Gasteiger partial charge < -0.3 is 20.4 Å². The molecule has 3 N–H and O–H groups in total. The minimum Gasteiger partial charge on any atom is -0.369 e. The lowest BCUT2D eigenvalue weighted by Gasteiger charge is -2.29. The van der Waals surface area contributed by atoms with Crippen LogP contribution in [0, 0.1) is 0 Å². The molecule has 1 saturated heterocycles. The Labute approximate surface area is 194 Å². The molecule has 3 heterocycles. The third-order valence-electron chi connectivity index (χ3n) is 5.56. The molecule has 1 aliphatic rings. The van der Waals surface area contributed by atoms with Crippen LogP contribution >= 0.6 is 0 Å². The van der Waals surface area contributed by atoms with Gasteiger partial charge in [0.1, 0.15) is 5.82 Å². The predicted octanol–water partition coefficient (Wildman–Crippen LogP) is 3.83. The summed E-state index contributed by atoms with van der Waals surface area (Å²) >= 11 is 0. The lowest BCUT2D eigenvalue weighted by molar-refractivity contribution is 0.211. The van der Waals surface area contributed by atoms with E-state index in [1.165, 1.54) is 5.69 Å². The summed E-state index contributed by atoms with van der Waals surface area (Å²) in [7, 11) is 0. The molecule has 1 fully saturated rings. The Bertz CT molecular complexity index is 1060. The monoisotopic (exact) mass is 448 g/mol. The van der Waals surface area contributed by atoms with Crippen molar-refractivity contribution in [2.24, 2.45) is 0 Å². The fraction of sp³-hybridized carbons (Fsp3) is 0.417. The molecule has 33 heavy (non-hydrogen) atoms. The van der Waals surface area contributed by atoms with Crippen LogP contribution in [-0.2, 0) is 0 Å². The summed E-state index contributed by atoms with van der Waals surface area (Å²) in [5.41, 5.74) is 2.65. The van der Waals surface area contributed by atoms with Gasteiger partial charge in [-0.25, -0.2) is 14.8 Å². The number of aromatic nitrogens is 3. The van der Waals surface area contributed by atoms with Gasteiger partial charge in [-0.1, -0.05) is 13.8 Å². The normalized spacial score (nSPS) is 13.7. The van der Waals surface area contributed by atoms with Crippen molar-refractivity contribution in [3.8, 4) is 0 Å². The largest absolute Gasteiger partial charge is 0.369 e. The first kappa shape index (κ1) is 22.7. The van der Waals surface area contributed by atoms with Gasteiger partial charge in [-0.3, -0.25) is 5.32 Å². The van der Waals surface area contributed by atoms with Gasteiger partial charge in [0.05, 0.1) is 0 Å². The summed E-state index contributed by atoms with van der Waals surface area (Å²) in [4.78, 5) is 30.3. The zero-order valence-corrected chi connectivity index (χ0v) is 19.3. The molecular formula is C24H32N8O. The lowest BCUT2D eigenvalue weighted by atomic mass is 10.2. The molecule has 0 radical (unpaired) electrons. The third-order valence-corrected chi connectivity index (χ3v) is 5.56. The number of carbonyl (C=O) groups excluding carboxylic acids is 1. The molecule has 3 aromatic rings. The molecule has 0 spiro atoms. The van der Waals surface area contributed by atoms with E-state index in [0.29, 0.717) is 17.4 Å². The van der Waals surface area contributed by atoms with Crippen LogP contribution in [0.15, 0.2) is 42.6 Å². The maximum Gasteiger partial charge on any atom is 0.323 e. The Kier molecular flexibility index (Phi) is 7.51. The van der Waals surface area contributed by atoms with Crippen molar-refractivity contribution in [3.63, 3.8) is 0 Å². The number of carbonyl (C=O) groups is 1. The second kappa shape index (κ2) is 10.9. The smallest absolute Gasteiger partial charge is 0.323 e. The SMILES string of the molecule is CCCN(CCC)C(=O)Nc1ccc2cnc(Nc3ccc(N4CCNCC4)cc3)nc2n1. The Morgan fingerprint density at radius 1 is 1.03 bits per heavy atom. The minimum absolute atomic E-state index is 0.137. The molecule has 0 saturated carbocycles. The summed E-state index contributed by atoms with van der Waals surface area (Å²) in [5, 5.41) is 10.3. The zero-order valence-electron chi connectivity index (χ0n) is 19.3. The highest BCUT2D eigenvalue weighted by Crippen LogP contribution is 2.21. The number of amides is 2. The Hall–Kier alpha value is -3.46. The summed E-state index contributed by atoms with van der Waals surface area (Å²) in [6.45, 7) is 9.61. The van der Waals surface area contributed by atoms with E-state index in [-0.39, 0.29) is 6.03 Å². The molecule has 174 valence electrons. The summed E-state index contributed by atoms with van der Waals surface area (Å²) < 4.78 is 0. The Balaban J connectivity index is 1.45. The Morgan fingerprint density at radius 2 is 1.76 bits per heavy atom. The lowest BCUT2D eigenvalue weighted by Crippen LogP contribution is -2.43. The van der Waals surface area contributed by atoms with Gasteiger partial charge in [-0.2, -0.15) is 4.98 Å². The number of nitrogens with one attached hydrogen (secondary N) is 3.